The van der Waals surface area contributed by atoms with E-state index in [-0.39, 0.29) is 5.11 Å². The third-order valence-corrected chi connectivity index (χ3v) is 3.41. The summed E-state index contributed by atoms with van der Waals surface area (Å²) in [5.74, 6) is -0.394. The molecular formula is C15H12BrFN2O2S. The number of benzene rings is 2. The van der Waals surface area contributed by atoms with Gasteiger partial charge in [0.05, 0.1) is 12.7 Å². The Morgan fingerprint density at radius 3 is 2.73 bits per heavy atom. The number of hydrogen-bond donors (Lipinski definition) is 2. The molecule has 1 amide bonds. The van der Waals surface area contributed by atoms with Crippen molar-refractivity contribution >= 4 is 44.9 Å². The maximum absolute atomic E-state index is 13.1. The van der Waals surface area contributed by atoms with Crippen LogP contribution < -0.4 is 15.4 Å². The molecule has 0 aliphatic carbocycles. The lowest BCUT2D eigenvalue weighted by Gasteiger charge is -2.12. The summed E-state index contributed by atoms with van der Waals surface area (Å²) >= 11 is 8.35. The molecule has 0 bridgehead atoms. The molecule has 0 aromatic heterocycles. The van der Waals surface area contributed by atoms with Gasteiger partial charge in [-0.05, 0) is 48.6 Å². The van der Waals surface area contributed by atoms with E-state index in [1.807, 2.05) is 0 Å². The van der Waals surface area contributed by atoms with Crippen LogP contribution in [0.4, 0.5) is 10.1 Å². The molecular weight excluding hydrogens is 371 g/mol. The lowest BCUT2D eigenvalue weighted by atomic mass is 10.2. The third-order valence-electron chi connectivity index (χ3n) is 2.72. The second kappa shape index (κ2) is 7.33. The average molecular weight is 383 g/mol. The summed E-state index contributed by atoms with van der Waals surface area (Å²) in [6.07, 6.45) is 0. The van der Waals surface area contributed by atoms with Crippen molar-refractivity contribution in [2.45, 2.75) is 0 Å². The molecule has 2 N–H and O–H groups in total. The number of nitrogens with one attached hydrogen (secondary N) is 2. The van der Waals surface area contributed by atoms with Crippen LogP contribution in [0.5, 0.6) is 5.75 Å². The number of carbonyl (C=O) groups is 1. The lowest BCUT2D eigenvalue weighted by Crippen LogP contribution is -2.34. The molecule has 0 atom stereocenters. The van der Waals surface area contributed by atoms with Gasteiger partial charge in [-0.1, -0.05) is 22.0 Å². The predicted octanol–water partition coefficient (Wildman–Crippen LogP) is 3.72. The van der Waals surface area contributed by atoms with Crippen LogP contribution in [0.2, 0.25) is 0 Å². The monoisotopic (exact) mass is 382 g/mol. The van der Waals surface area contributed by atoms with Crippen LogP contribution in [0.3, 0.4) is 0 Å². The number of rotatable bonds is 3. The second-order valence-electron chi connectivity index (χ2n) is 4.26. The Morgan fingerprint density at radius 2 is 2.05 bits per heavy atom. The first-order valence-electron chi connectivity index (χ1n) is 6.21. The summed E-state index contributed by atoms with van der Waals surface area (Å²) in [6, 6.07) is 10.8. The SMILES string of the molecule is COc1ccc(Br)cc1C(=O)NC(=S)Nc1cccc(F)c1. The van der Waals surface area contributed by atoms with Crippen molar-refractivity contribution < 1.29 is 13.9 Å². The minimum atomic E-state index is -0.424. The fourth-order valence-electron chi connectivity index (χ4n) is 1.76. The molecule has 22 heavy (non-hydrogen) atoms. The van der Waals surface area contributed by atoms with Crippen molar-refractivity contribution in [2.75, 3.05) is 12.4 Å². The average Bonchev–Trinajstić information content (AvgIpc) is 2.47. The minimum absolute atomic E-state index is 0.0672. The molecule has 0 heterocycles. The van der Waals surface area contributed by atoms with Crippen LogP contribution in [-0.4, -0.2) is 18.1 Å². The Labute approximate surface area is 140 Å². The quantitative estimate of drug-likeness (QED) is 0.794. The molecule has 7 heteroatoms. The molecule has 114 valence electrons. The van der Waals surface area contributed by atoms with E-state index < -0.39 is 11.7 Å². The van der Waals surface area contributed by atoms with Gasteiger partial charge in [0.15, 0.2) is 5.11 Å². The maximum atomic E-state index is 13.1. The summed E-state index contributed by atoms with van der Waals surface area (Å²) in [7, 11) is 1.48. The van der Waals surface area contributed by atoms with Crippen molar-refractivity contribution in [3.63, 3.8) is 0 Å². The minimum Gasteiger partial charge on any atom is -0.496 e. The van der Waals surface area contributed by atoms with Gasteiger partial charge in [-0.2, -0.15) is 0 Å². The van der Waals surface area contributed by atoms with Gasteiger partial charge in [0.1, 0.15) is 11.6 Å². The van der Waals surface area contributed by atoms with E-state index >= 15 is 0 Å². The number of halogens is 2. The molecule has 2 aromatic carbocycles. The zero-order valence-corrected chi connectivity index (χ0v) is 13.9. The molecule has 0 radical (unpaired) electrons. The van der Waals surface area contributed by atoms with E-state index in [0.717, 1.165) is 4.47 Å². The Balaban J connectivity index is 2.08. The third kappa shape index (κ3) is 4.25. The van der Waals surface area contributed by atoms with Crippen molar-refractivity contribution in [3.8, 4) is 5.75 Å². The fourth-order valence-corrected chi connectivity index (χ4v) is 2.33. The van der Waals surface area contributed by atoms with E-state index in [9.17, 15) is 9.18 Å². The molecule has 0 aliphatic heterocycles. The highest BCUT2D eigenvalue weighted by atomic mass is 79.9. The van der Waals surface area contributed by atoms with Crippen molar-refractivity contribution in [3.05, 3.63) is 58.3 Å². The van der Waals surface area contributed by atoms with Crippen LogP contribution in [0.15, 0.2) is 46.9 Å². The van der Waals surface area contributed by atoms with Crippen LogP contribution >= 0.6 is 28.1 Å². The van der Waals surface area contributed by atoms with Gasteiger partial charge in [0.25, 0.3) is 5.91 Å². The standard InChI is InChI=1S/C15H12BrFN2O2S/c1-21-13-6-5-9(16)7-12(13)14(20)19-15(22)18-11-4-2-3-10(17)8-11/h2-8H,1H3,(H2,18,19,20,22). The van der Waals surface area contributed by atoms with Crippen LogP contribution in [0, 0.1) is 5.82 Å². The number of amides is 1. The highest BCUT2D eigenvalue weighted by Crippen LogP contribution is 2.22. The molecule has 0 spiro atoms. The topological polar surface area (TPSA) is 50.4 Å². The molecule has 4 nitrogen and oxygen atoms in total. The maximum Gasteiger partial charge on any atom is 0.261 e. The smallest absolute Gasteiger partial charge is 0.261 e. The second-order valence-corrected chi connectivity index (χ2v) is 5.59. The van der Waals surface area contributed by atoms with Gasteiger partial charge >= 0.3 is 0 Å². The van der Waals surface area contributed by atoms with E-state index in [1.165, 1.54) is 19.2 Å². The zero-order chi connectivity index (χ0) is 16.1. The summed E-state index contributed by atoms with van der Waals surface area (Å²) in [5, 5.41) is 5.33. The summed E-state index contributed by atoms with van der Waals surface area (Å²) < 4.78 is 19.0. The number of anilines is 1. The van der Waals surface area contributed by atoms with E-state index in [0.29, 0.717) is 17.0 Å². The summed E-state index contributed by atoms with van der Waals surface area (Å²) in [6.45, 7) is 0. The van der Waals surface area contributed by atoms with Gasteiger partial charge < -0.3 is 10.1 Å². The number of ether oxygens (including phenoxy) is 1. The normalized spacial score (nSPS) is 9.95. The van der Waals surface area contributed by atoms with Crippen molar-refractivity contribution in [1.82, 2.24) is 5.32 Å². The first-order valence-corrected chi connectivity index (χ1v) is 7.41. The molecule has 0 saturated carbocycles. The Hall–Kier alpha value is -1.99. The molecule has 0 unspecified atom stereocenters. The van der Waals surface area contributed by atoms with Crippen LogP contribution in [-0.2, 0) is 0 Å². The Kier molecular flexibility index (Phi) is 5.46. The molecule has 0 fully saturated rings. The highest BCUT2D eigenvalue weighted by molar-refractivity contribution is 9.10. The van der Waals surface area contributed by atoms with Gasteiger partial charge in [-0.3, -0.25) is 10.1 Å². The molecule has 2 aromatic rings. The molecule has 2 rings (SSSR count). The van der Waals surface area contributed by atoms with Crippen LogP contribution in [0.25, 0.3) is 0 Å². The van der Waals surface area contributed by atoms with Gasteiger partial charge in [-0.25, -0.2) is 4.39 Å². The highest BCUT2D eigenvalue weighted by Gasteiger charge is 2.14. The van der Waals surface area contributed by atoms with E-state index in [4.69, 9.17) is 17.0 Å². The molecule has 0 aliphatic rings. The fraction of sp³-hybridized carbons (Fsp3) is 0.0667. The molecule has 0 saturated heterocycles. The predicted molar refractivity (Wildman–Crippen MR) is 90.8 cm³/mol. The number of thiocarbonyl (C=S) groups is 1. The number of carbonyl (C=O) groups excluding carboxylic acids is 1. The first-order chi connectivity index (χ1) is 10.5. The first kappa shape index (κ1) is 16.4. The Bertz CT molecular complexity index is 724. The van der Waals surface area contributed by atoms with Crippen molar-refractivity contribution in [2.24, 2.45) is 0 Å². The van der Waals surface area contributed by atoms with Gasteiger partial charge in [0, 0.05) is 10.2 Å². The van der Waals surface area contributed by atoms with Gasteiger partial charge in [0.2, 0.25) is 0 Å². The lowest BCUT2D eigenvalue weighted by molar-refractivity contribution is 0.0974. The zero-order valence-electron chi connectivity index (χ0n) is 11.5. The number of methoxy groups -OCH3 is 1. The van der Waals surface area contributed by atoms with Crippen LogP contribution in [0.1, 0.15) is 10.4 Å². The summed E-state index contributed by atoms with van der Waals surface area (Å²) in [4.78, 5) is 12.2. The summed E-state index contributed by atoms with van der Waals surface area (Å²) in [5.41, 5.74) is 0.784. The number of hydrogen-bond acceptors (Lipinski definition) is 3. The van der Waals surface area contributed by atoms with Gasteiger partial charge in [-0.15, -0.1) is 0 Å². The van der Waals surface area contributed by atoms with E-state index in [2.05, 4.69) is 26.6 Å². The van der Waals surface area contributed by atoms with E-state index in [1.54, 1.807) is 30.3 Å². The van der Waals surface area contributed by atoms with Crippen molar-refractivity contribution in [1.29, 1.82) is 0 Å². The largest absolute Gasteiger partial charge is 0.496 e. The Morgan fingerprint density at radius 1 is 1.27 bits per heavy atom.